The second kappa shape index (κ2) is 8.69. The maximum absolute atomic E-state index is 12.1. The maximum atomic E-state index is 12.1. The summed E-state index contributed by atoms with van der Waals surface area (Å²) < 4.78 is 10.6. The summed E-state index contributed by atoms with van der Waals surface area (Å²) in [4.78, 5) is 24.2. The zero-order valence-corrected chi connectivity index (χ0v) is 14.4. The quantitative estimate of drug-likeness (QED) is 0.802. The van der Waals surface area contributed by atoms with Gasteiger partial charge in [-0.1, -0.05) is 60.7 Å². The highest BCUT2D eigenvalue weighted by atomic mass is 32.2. The van der Waals surface area contributed by atoms with E-state index in [4.69, 9.17) is 9.47 Å². The topological polar surface area (TPSA) is 64.6 Å². The molecule has 1 fully saturated rings. The van der Waals surface area contributed by atoms with Gasteiger partial charge in [0.05, 0.1) is 0 Å². The van der Waals surface area contributed by atoms with Gasteiger partial charge in [-0.25, -0.2) is 4.79 Å². The van der Waals surface area contributed by atoms with Crippen LogP contribution in [0.25, 0.3) is 0 Å². The number of hydrogen-bond acceptors (Lipinski definition) is 6. The van der Waals surface area contributed by atoms with E-state index in [1.54, 1.807) is 0 Å². The molecule has 0 aromatic heterocycles. The molecule has 25 heavy (non-hydrogen) atoms. The summed E-state index contributed by atoms with van der Waals surface area (Å²) in [6.45, 7) is 0.852. The molecule has 5 nitrogen and oxygen atoms in total. The van der Waals surface area contributed by atoms with E-state index < -0.39 is 10.6 Å². The van der Waals surface area contributed by atoms with Gasteiger partial charge < -0.3 is 9.47 Å². The van der Waals surface area contributed by atoms with E-state index in [0.717, 1.165) is 11.1 Å². The number of carbonyl (C=O) groups is 2. The molecule has 1 N–H and O–H groups in total. The van der Waals surface area contributed by atoms with Crippen LogP contribution in [0.15, 0.2) is 60.7 Å². The molecule has 0 bridgehead atoms. The predicted molar refractivity (Wildman–Crippen MR) is 95.6 cm³/mol. The smallest absolute Gasteiger partial charge is 0.334 e. The van der Waals surface area contributed by atoms with Gasteiger partial charge in [-0.15, -0.1) is 11.8 Å². The minimum Gasteiger partial charge on any atom is -0.460 e. The third-order valence-corrected chi connectivity index (χ3v) is 5.03. The third-order valence-electron chi connectivity index (χ3n) is 3.71. The van der Waals surface area contributed by atoms with Crippen molar-refractivity contribution in [1.82, 2.24) is 5.32 Å². The number of carbonyl (C=O) groups excluding carboxylic acids is 2. The highest BCUT2D eigenvalue weighted by molar-refractivity contribution is 8.02. The van der Waals surface area contributed by atoms with E-state index in [2.05, 4.69) is 5.32 Å². The normalized spacial score (nSPS) is 19.4. The molecular formula is C19H19NO4S. The molecule has 1 aliphatic rings. The molecule has 1 saturated heterocycles. The van der Waals surface area contributed by atoms with Crippen LogP contribution in [0.2, 0.25) is 0 Å². The van der Waals surface area contributed by atoms with Crippen LogP contribution in [-0.4, -0.2) is 29.1 Å². The highest BCUT2D eigenvalue weighted by Gasteiger charge is 2.36. The number of rotatable bonds is 6. The van der Waals surface area contributed by atoms with E-state index in [9.17, 15) is 9.59 Å². The van der Waals surface area contributed by atoms with Crippen LogP contribution >= 0.6 is 11.8 Å². The Balaban J connectivity index is 1.43. The van der Waals surface area contributed by atoms with Gasteiger partial charge in [0, 0.05) is 6.54 Å². The van der Waals surface area contributed by atoms with Crippen molar-refractivity contribution in [1.29, 1.82) is 0 Å². The van der Waals surface area contributed by atoms with Crippen LogP contribution in [0, 0.1) is 0 Å². The SMILES string of the molecule is O=C(OCc1ccccc1)C1CNC(C(=O)OCc2ccccc2)S1. The molecular weight excluding hydrogens is 338 g/mol. The summed E-state index contributed by atoms with van der Waals surface area (Å²) in [5.74, 6) is -0.688. The van der Waals surface area contributed by atoms with E-state index in [-0.39, 0.29) is 25.2 Å². The third kappa shape index (κ3) is 5.08. The van der Waals surface area contributed by atoms with Crippen LogP contribution in [0.1, 0.15) is 11.1 Å². The van der Waals surface area contributed by atoms with Gasteiger partial charge in [-0.05, 0) is 11.1 Å². The molecule has 0 saturated carbocycles. The number of hydrogen-bond donors (Lipinski definition) is 1. The van der Waals surface area contributed by atoms with Gasteiger partial charge in [-0.2, -0.15) is 0 Å². The zero-order valence-electron chi connectivity index (χ0n) is 13.6. The molecule has 2 unspecified atom stereocenters. The number of thioether (sulfide) groups is 1. The first-order valence-corrected chi connectivity index (χ1v) is 8.96. The van der Waals surface area contributed by atoms with Gasteiger partial charge in [0.1, 0.15) is 18.5 Å². The Morgan fingerprint density at radius 3 is 1.96 bits per heavy atom. The number of esters is 2. The number of benzene rings is 2. The van der Waals surface area contributed by atoms with Crippen molar-refractivity contribution in [3.63, 3.8) is 0 Å². The van der Waals surface area contributed by atoms with Gasteiger partial charge >= 0.3 is 11.9 Å². The van der Waals surface area contributed by atoms with Gasteiger partial charge in [0.15, 0.2) is 5.37 Å². The van der Waals surface area contributed by atoms with Crippen molar-refractivity contribution in [3.8, 4) is 0 Å². The van der Waals surface area contributed by atoms with Crippen LogP contribution in [0.3, 0.4) is 0 Å². The lowest BCUT2D eigenvalue weighted by molar-refractivity contribution is -0.145. The summed E-state index contributed by atoms with van der Waals surface area (Å²) in [5, 5.41) is 2.06. The molecule has 0 aliphatic carbocycles. The first-order chi connectivity index (χ1) is 12.2. The molecule has 3 rings (SSSR count). The lowest BCUT2D eigenvalue weighted by Crippen LogP contribution is -2.31. The average molecular weight is 357 g/mol. The largest absolute Gasteiger partial charge is 0.460 e. The molecule has 130 valence electrons. The van der Waals surface area contributed by atoms with Gasteiger partial charge in [-0.3, -0.25) is 10.1 Å². The molecule has 0 radical (unpaired) electrons. The van der Waals surface area contributed by atoms with Gasteiger partial charge in [0.25, 0.3) is 0 Å². The van der Waals surface area contributed by atoms with E-state index in [0.29, 0.717) is 6.54 Å². The molecule has 6 heteroatoms. The maximum Gasteiger partial charge on any atom is 0.334 e. The molecule has 0 spiro atoms. The fourth-order valence-corrected chi connectivity index (χ4v) is 3.45. The summed E-state index contributed by atoms with van der Waals surface area (Å²) in [7, 11) is 0. The standard InChI is InChI=1S/C19H19NO4S/c21-18(23-12-14-7-3-1-4-8-14)16-11-20-17(25-16)19(22)24-13-15-9-5-2-6-10-15/h1-10,16-17,20H,11-13H2. The lowest BCUT2D eigenvalue weighted by Gasteiger charge is -2.11. The zero-order chi connectivity index (χ0) is 17.5. The van der Waals surface area contributed by atoms with Crippen LogP contribution in [0.4, 0.5) is 0 Å². The van der Waals surface area contributed by atoms with Crippen molar-refractivity contribution in [2.45, 2.75) is 23.8 Å². The molecule has 1 heterocycles. The van der Waals surface area contributed by atoms with Crippen LogP contribution in [0.5, 0.6) is 0 Å². The fourth-order valence-electron chi connectivity index (χ4n) is 2.38. The lowest BCUT2D eigenvalue weighted by atomic mass is 10.2. The average Bonchev–Trinajstić information content (AvgIpc) is 3.16. The Kier molecular flexibility index (Phi) is 6.09. The van der Waals surface area contributed by atoms with Crippen LogP contribution in [-0.2, 0) is 32.3 Å². The minimum atomic E-state index is -0.544. The van der Waals surface area contributed by atoms with Crippen molar-refractivity contribution in [2.75, 3.05) is 6.54 Å². The summed E-state index contributed by atoms with van der Waals surface area (Å²) in [6.07, 6.45) is 0. The Bertz CT molecular complexity index is 646. The molecule has 2 aromatic carbocycles. The Morgan fingerprint density at radius 2 is 1.40 bits per heavy atom. The molecule has 0 amide bonds. The van der Waals surface area contributed by atoms with Crippen molar-refractivity contribution >= 4 is 23.7 Å². The second-order valence-corrected chi connectivity index (χ2v) is 6.91. The number of ether oxygens (including phenoxy) is 2. The molecule has 2 aromatic rings. The van der Waals surface area contributed by atoms with Crippen molar-refractivity contribution in [2.24, 2.45) is 0 Å². The molecule has 1 aliphatic heterocycles. The van der Waals surface area contributed by atoms with Crippen molar-refractivity contribution in [3.05, 3.63) is 71.8 Å². The Morgan fingerprint density at radius 1 is 0.880 bits per heavy atom. The minimum absolute atomic E-state index is 0.224. The van der Waals surface area contributed by atoms with Crippen molar-refractivity contribution < 1.29 is 19.1 Å². The summed E-state index contributed by atoms with van der Waals surface area (Å²) in [6, 6.07) is 19.0. The van der Waals surface area contributed by atoms with E-state index in [1.807, 2.05) is 60.7 Å². The Labute approximate surface area is 150 Å². The van der Waals surface area contributed by atoms with Crippen LogP contribution < -0.4 is 5.32 Å². The first kappa shape index (κ1) is 17.5. The predicted octanol–water partition coefficient (Wildman–Crippen LogP) is 2.50. The fraction of sp³-hybridized carbons (Fsp3) is 0.263. The first-order valence-electron chi connectivity index (χ1n) is 8.02. The highest BCUT2D eigenvalue weighted by Crippen LogP contribution is 2.25. The summed E-state index contributed by atoms with van der Waals surface area (Å²) in [5.41, 5.74) is 1.86. The molecule has 2 atom stereocenters. The number of nitrogens with one attached hydrogen (secondary N) is 1. The van der Waals surface area contributed by atoms with Gasteiger partial charge in [0.2, 0.25) is 0 Å². The monoisotopic (exact) mass is 357 g/mol. The van der Waals surface area contributed by atoms with E-state index in [1.165, 1.54) is 11.8 Å². The Hall–Kier alpha value is -2.31. The van der Waals surface area contributed by atoms with E-state index >= 15 is 0 Å². The second-order valence-electron chi connectivity index (χ2n) is 5.60. The summed E-state index contributed by atoms with van der Waals surface area (Å²) >= 11 is 1.24.